The summed E-state index contributed by atoms with van der Waals surface area (Å²) in [6.45, 7) is 39.7. The topological polar surface area (TPSA) is 263 Å². The van der Waals surface area contributed by atoms with Crippen LogP contribution >= 0.6 is 23.5 Å². The monoisotopic (exact) mass is 871 g/mol. The number of ether oxygens (including phenoxy) is 1. The third-order valence-electron chi connectivity index (χ3n) is 8.55. The van der Waals surface area contributed by atoms with Crippen LogP contribution in [0, 0.1) is 0 Å². The van der Waals surface area contributed by atoms with Gasteiger partial charge in [0.15, 0.2) is 0 Å². The molecule has 2 rings (SSSR count). The van der Waals surface area contributed by atoms with Gasteiger partial charge in [0.1, 0.15) is 18.1 Å². The number of rotatable bonds is 20. The van der Waals surface area contributed by atoms with E-state index in [2.05, 4.69) is 121 Å². The van der Waals surface area contributed by atoms with E-state index in [1.807, 2.05) is 0 Å². The maximum absolute atomic E-state index is 11.8. The number of nitrogens with zero attached hydrogens (tertiary/aromatic N) is 6. The van der Waals surface area contributed by atoms with Crippen molar-refractivity contribution in [3.63, 3.8) is 0 Å². The first-order chi connectivity index (χ1) is 26.1. The molecule has 1 aromatic rings. The van der Waals surface area contributed by atoms with Crippen LogP contribution in [0.5, 0.6) is 0 Å². The minimum absolute atomic E-state index is 0.0380. The van der Waals surface area contributed by atoms with Gasteiger partial charge >= 0.3 is 29.2 Å². The lowest BCUT2D eigenvalue weighted by atomic mass is 10.2. The second-order valence-corrected chi connectivity index (χ2v) is 16.3. The Balaban J connectivity index is -0.000000809. The highest BCUT2D eigenvalue weighted by molar-refractivity contribution is 7.66. The molecule has 0 aliphatic carbocycles. The van der Waals surface area contributed by atoms with E-state index in [0.29, 0.717) is 0 Å². The van der Waals surface area contributed by atoms with Gasteiger partial charge in [0.2, 0.25) is 0 Å². The molecule has 20 nitrogen and oxygen atoms in total. The zero-order valence-electron chi connectivity index (χ0n) is 35.9. The maximum Gasteiger partial charge on any atom is 0.490 e. The van der Waals surface area contributed by atoms with Gasteiger partial charge in [-0.2, -0.15) is 13.6 Å². The van der Waals surface area contributed by atoms with Crippen molar-refractivity contribution in [2.75, 3.05) is 90.9 Å². The van der Waals surface area contributed by atoms with Crippen molar-refractivity contribution >= 4 is 29.3 Å². The van der Waals surface area contributed by atoms with E-state index in [-0.39, 0.29) is 12.2 Å². The number of nitrogens with two attached hydrogens (primary N) is 1. The minimum Gasteiger partial charge on any atom is -0.390 e. The van der Waals surface area contributed by atoms with Gasteiger partial charge in [-0.3, -0.25) is 9.09 Å². The number of phosphoric ester groups is 1. The van der Waals surface area contributed by atoms with Gasteiger partial charge < -0.3 is 54.8 Å². The zero-order chi connectivity index (χ0) is 44.1. The molecule has 2 unspecified atom stereocenters. The Labute approximate surface area is 335 Å². The van der Waals surface area contributed by atoms with E-state index in [1.165, 1.54) is 90.8 Å². The summed E-state index contributed by atoms with van der Waals surface area (Å²) < 4.78 is 51.2. The average molecular weight is 872 g/mol. The van der Waals surface area contributed by atoms with Crippen molar-refractivity contribution < 1.29 is 56.3 Å². The molecule has 0 aromatic carbocycles. The molecular weight excluding hydrogens is 795 g/mol. The van der Waals surface area contributed by atoms with Crippen molar-refractivity contribution in [1.82, 2.24) is 29.2 Å². The molecule has 0 spiro atoms. The molecule has 0 radical (unpaired) electrons. The molecular formula is C33H76N7O13P3. The maximum atomic E-state index is 11.8. The first-order valence-electron chi connectivity index (χ1n) is 19.4. The number of anilines is 1. The fourth-order valence-corrected chi connectivity index (χ4v) is 7.87. The van der Waals surface area contributed by atoms with Gasteiger partial charge in [-0.25, -0.2) is 18.5 Å². The van der Waals surface area contributed by atoms with Crippen LogP contribution in [-0.4, -0.2) is 151 Å². The summed E-state index contributed by atoms with van der Waals surface area (Å²) in [5.74, 6) is -0.0380. The van der Waals surface area contributed by atoms with Crippen LogP contribution in [0.25, 0.3) is 0 Å². The average Bonchev–Trinajstić information content (AvgIpc) is 3.49. The highest BCUT2D eigenvalue weighted by Crippen LogP contribution is 2.66. The lowest BCUT2D eigenvalue weighted by molar-refractivity contribution is -0.0449. The zero-order valence-corrected chi connectivity index (χ0v) is 38.6. The third-order valence-corrected chi connectivity index (χ3v) is 12.4. The standard InChI is InChI=1S/C9H16N3O13P3.4C6H15N/c10-7-1-2-12(9(14)11-7)8-3-5(13)6(23-8)4-22-27(18,19)25-28(20,21)24-26(15,16)17;4*1-4-7(5-2)6-3/h1-2,5-6,8,13H,3-4H2,(H,18,19)(H,20,21)(H2,10,11,14)(H2,15,16,17);4*4-6H2,1-3H3/t5-,6+,8+;;;;/m0..../s1. The lowest BCUT2D eigenvalue weighted by Crippen LogP contribution is -2.28. The van der Waals surface area contributed by atoms with Crippen LogP contribution < -0.4 is 11.4 Å². The Morgan fingerprint density at radius 2 is 1.05 bits per heavy atom. The quantitative estimate of drug-likeness (QED) is 0.100. The fraction of sp³-hybridized carbons (Fsp3) is 0.879. The Morgan fingerprint density at radius 3 is 1.34 bits per heavy atom. The SMILES string of the molecule is CCN(CC)CC.CCN(CC)CC.CCN(CC)CC.CCN(CC)CC.Nc1ccn([C@H]2C[C@H](O)[C@@H](COP(=O)(O)OP(=O)(O)OP(=O)(O)O)O2)c(=O)n1. The summed E-state index contributed by atoms with van der Waals surface area (Å²) in [4.78, 5) is 60.0. The Bertz CT molecular complexity index is 1240. The number of aromatic nitrogens is 2. The summed E-state index contributed by atoms with van der Waals surface area (Å²) in [5.41, 5.74) is 4.58. The Kier molecular flexibility index (Phi) is 34.5. The second-order valence-electron chi connectivity index (χ2n) is 11.8. The normalized spacial score (nSPS) is 18.8. The number of aliphatic hydroxyl groups excluding tert-OH is 1. The molecule has 0 amide bonds. The van der Waals surface area contributed by atoms with Gasteiger partial charge in [0.25, 0.3) is 0 Å². The van der Waals surface area contributed by atoms with E-state index < -0.39 is 54.2 Å². The predicted octanol–water partition coefficient (Wildman–Crippen LogP) is 4.21. The lowest BCUT2D eigenvalue weighted by Gasteiger charge is -2.19. The summed E-state index contributed by atoms with van der Waals surface area (Å²) in [7, 11) is -16.5. The van der Waals surface area contributed by atoms with Gasteiger partial charge in [0.05, 0.1) is 12.7 Å². The van der Waals surface area contributed by atoms with E-state index in [9.17, 15) is 28.5 Å². The molecule has 1 fully saturated rings. The highest BCUT2D eigenvalue weighted by Gasteiger charge is 2.43. The molecule has 23 heteroatoms. The van der Waals surface area contributed by atoms with Crippen molar-refractivity contribution in [3.8, 4) is 0 Å². The number of nitrogen functional groups attached to an aromatic ring is 1. The molecule has 56 heavy (non-hydrogen) atoms. The largest absolute Gasteiger partial charge is 0.490 e. The fourth-order valence-electron chi connectivity index (χ4n) is 4.84. The number of hydrogen-bond donors (Lipinski definition) is 6. The molecule has 1 aliphatic heterocycles. The third kappa shape index (κ3) is 29.1. The summed E-state index contributed by atoms with van der Waals surface area (Å²) in [6, 6.07) is 1.30. The number of aliphatic hydroxyl groups is 1. The molecule has 1 aromatic heterocycles. The van der Waals surface area contributed by atoms with Crippen LogP contribution in [0.1, 0.15) is 95.7 Å². The molecule has 1 saturated heterocycles. The molecule has 0 bridgehead atoms. The molecule has 1 aliphatic rings. The summed E-state index contributed by atoms with van der Waals surface area (Å²) in [5, 5.41) is 9.94. The van der Waals surface area contributed by atoms with Crippen LogP contribution in [0.3, 0.4) is 0 Å². The number of phosphoric acid groups is 3. The summed E-state index contributed by atoms with van der Waals surface area (Å²) in [6.07, 6.45) is -2.42. The van der Waals surface area contributed by atoms with E-state index in [0.717, 1.165) is 4.57 Å². The number of hydrogen-bond acceptors (Lipinski definition) is 15. The predicted molar refractivity (Wildman–Crippen MR) is 221 cm³/mol. The molecule has 7 N–H and O–H groups in total. The molecule has 2 heterocycles. The molecule has 0 saturated carbocycles. The highest BCUT2D eigenvalue weighted by atomic mass is 31.3. The van der Waals surface area contributed by atoms with E-state index in [4.69, 9.17) is 25.2 Å². The first-order valence-corrected chi connectivity index (χ1v) is 23.9. The van der Waals surface area contributed by atoms with E-state index in [1.54, 1.807) is 0 Å². The van der Waals surface area contributed by atoms with Crippen LogP contribution in [-0.2, 0) is 31.6 Å². The van der Waals surface area contributed by atoms with Crippen molar-refractivity contribution in [1.29, 1.82) is 0 Å². The van der Waals surface area contributed by atoms with Crippen LogP contribution in [0.2, 0.25) is 0 Å². The van der Waals surface area contributed by atoms with Crippen molar-refractivity contribution in [2.24, 2.45) is 0 Å². The van der Waals surface area contributed by atoms with Crippen LogP contribution in [0.15, 0.2) is 17.1 Å². The van der Waals surface area contributed by atoms with Gasteiger partial charge in [-0.15, -0.1) is 0 Å². The summed E-state index contributed by atoms with van der Waals surface area (Å²) >= 11 is 0. The molecule has 336 valence electrons. The Hall–Kier alpha value is -1.15. The second kappa shape index (κ2) is 32.7. The molecule has 5 atom stereocenters. The smallest absolute Gasteiger partial charge is 0.390 e. The first kappa shape index (κ1) is 59.2. The van der Waals surface area contributed by atoms with Gasteiger partial charge in [0, 0.05) is 12.6 Å². The van der Waals surface area contributed by atoms with E-state index >= 15 is 0 Å². The van der Waals surface area contributed by atoms with Gasteiger partial charge in [-0.05, 0) is 84.6 Å². The van der Waals surface area contributed by atoms with Crippen molar-refractivity contribution in [2.45, 2.75) is 108 Å². The van der Waals surface area contributed by atoms with Crippen LogP contribution in [0.4, 0.5) is 5.82 Å². The Morgan fingerprint density at radius 1 is 0.696 bits per heavy atom. The minimum atomic E-state index is -5.65. The van der Waals surface area contributed by atoms with Gasteiger partial charge in [-0.1, -0.05) is 83.1 Å². The van der Waals surface area contributed by atoms with Crippen molar-refractivity contribution in [3.05, 3.63) is 22.7 Å².